The maximum atomic E-state index is 15.7. The predicted octanol–water partition coefficient (Wildman–Crippen LogP) is 6.25. The number of benzene rings is 3. The quantitative estimate of drug-likeness (QED) is 0.247. The van der Waals surface area contributed by atoms with Gasteiger partial charge in [0, 0.05) is 18.0 Å². The lowest BCUT2D eigenvalue weighted by atomic mass is 10.0. The molecule has 12 heteroatoms. The minimum absolute atomic E-state index is 0.0295. The Morgan fingerprint density at radius 3 is 2.38 bits per heavy atom. The van der Waals surface area contributed by atoms with E-state index in [1.165, 1.54) is 18.3 Å². The average Bonchev–Trinajstić information content (AvgIpc) is 2.88. The average molecular weight is 559 g/mol. The second-order valence-electron chi connectivity index (χ2n) is 8.31. The van der Waals surface area contributed by atoms with E-state index in [1.807, 2.05) is 6.92 Å². The Balaban J connectivity index is 1.82. The Bertz CT molecular complexity index is 1680. The molecule has 1 aromatic heterocycles. The number of nitrogens with zero attached hydrogens (tertiary/aromatic N) is 1. The molecule has 1 heterocycles. The molecule has 0 unspecified atom stereocenters. The SMILES string of the molecule is [2H]C([2H])([2H])Oc1cc(OC(F)(F)F)ccc1Oc1cc(-c2ccc(C)cc2)cc(F)c1C(=O)Nc1ccnc(C(N)=O)c1. The topological polar surface area (TPSA) is 113 Å². The van der Waals surface area contributed by atoms with E-state index in [9.17, 15) is 22.8 Å². The number of methoxy groups -OCH3 is 1. The zero-order valence-corrected chi connectivity index (χ0v) is 20.5. The zero-order chi connectivity index (χ0) is 31.5. The molecule has 0 fully saturated rings. The van der Waals surface area contributed by atoms with Crippen molar-refractivity contribution >= 4 is 17.5 Å². The Hall–Kier alpha value is -5.13. The van der Waals surface area contributed by atoms with Gasteiger partial charge in [0.15, 0.2) is 11.5 Å². The summed E-state index contributed by atoms with van der Waals surface area (Å²) in [4.78, 5) is 28.6. The lowest BCUT2D eigenvalue weighted by Crippen LogP contribution is -2.17. The lowest BCUT2D eigenvalue weighted by molar-refractivity contribution is -0.274. The van der Waals surface area contributed by atoms with Gasteiger partial charge in [0.2, 0.25) is 0 Å². The van der Waals surface area contributed by atoms with Crippen LogP contribution in [0.4, 0.5) is 23.2 Å². The van der Waals surface area contributed by atoms with Crippen molar-refractivity contribution in [2.45, 2.75) is 13.3 Å². The Kier molecular flexibility index (Phi) is 6.77. The highest BCUT2D eigenvalue weighted by molar-refractivity contribution is 6.07. The minimum atomic E-state index is -5.10. The molecule has 4 aromatic rings. The maximum absolute atomic E-state index is 15.7. The summed E-state index contributed by atoms with van der Waals surface area (Å²) >= 11 is 0. The van der Waals surface area contributed by atoms with Gasteiger partial charge in [0.25, 0.3) is 11.8 Å². The van der Waals surface area contributed by atoms with E-state index < -0.39 is 59.6 Å². The van der Waals surface area contributed by atoms with Crippen LogP contribution < -0.4 is 25.3 Å². The largest absolute Gasteiger partial charge is 0.573 e. The Labute approximate surface area is 229 Å². The molecule has 3 aromatic carbocycles. The summed E-state index contributed by atoms with van der Waals surface area (Å²) in [5, 5.41) is 2.40. The van der Waals surface area contributed by atoms with Gasteiger partial charge in [-0.15, -0.1) is 13.2 Å². The third kappa shape index (κ3) is 6.65. The van der Waals surface area contributed by atoms with E-state index in [1.54, 1.807) is 24.3 Å². The van der Waals surface area contributed by atoms with Crippen molar-refractivity contribution in [2.75, 3.05) is 12.4 Å². The number of alkyl halides is 3. The second-order valence-corrected chi connectivity index (χ2v) is 8.31. The molecule has 0 spiro atoms. The van der Waals surface area contributed by atoms with Crippen LogP contribution in [0.15, 0.2) is 72.9 Å². The monoisotopic (exact) mass is 558 g/mol. The molecular formula is C28H21F4N3O5. The summed E-state index contributed by atoms with van der Waals surface area (Å²) in [6, 6.07) is 14.0. The number of primary amides is 1. The van der Waals surface area contributed by atoms with Crippen molar-refractivity contribution in [3.05, 3.63) is 95.6 Å². The molecule has 4 rings (SSSR count). The molecule has 0 radical (unpaired) electrons. The maximum Gasteiger partial charge on any atom is 0.573 e. The van der Waals surface area contributed by atoms with Gasteiger partial charge < -0.3 is 25.3 Å². The highest BCUT2D eigenvalue weighted by Crippen LogP contribution is 2.39. The van der Waals surface area contributed by atoms with Gasteiger partial charge in [-0.3, -0.25) is 14.6 Å². The zero-order valence-electron chi connectivity index (χ0n) is 23.5. The molecular weight excluding hydrogens is 534 g/mol. The van der Waals surface area contributed by atoms with Crippen LogP contribution in [0.2, 0.25) is 0 Å². The molecule has 8 nitrogen and oxygen atoms in total. The fraction of sp³-hybridized carbons (Fsp3) is 0.107. The predicted molar refractivity (Wildman–Crippen MR) is 137 cm³/mol. The van der Waals surface area contributed by atoms with Gasteiger partial charge in [-0.05, 0) is 54.4 Å². The molecule has 0 saturated heterocycles. The van der Waals surface area contributed by atoms with Gasteiger partial charge in [-0.1, -0.05) is 29.8 Å². The minimum Gasteiger partial charge on any atom is -0.493 e. The van der Waals surface area contributed by atoms with Crippen LogP contribution in [0.3, 0.4) is 0 Å². The normalized spacial score (nSPS) is 12.5. The summed E-state index contributed by atoms with van der Waals surface area (Å²) in [5.41, 5.74) is 6.09. The van der Waals surface area contributed by atoms with Crippen molar-refractivity contribution in [2.24, 2.45) is 5.73 Å². The number of ether oxygens (including phenoxy) is 3. The first-order valence-corrected chi connectivity index (χ1v) is 11.3. The third-order valence-corrected chi connectivity index (χ3v) is 5.41. The van der Waals surface area contributed by atoms with Gasteiger partial charge in [-0.25, -0.2) is 4.39 Å². The number of hydrogen-bond donors (Lipinski definition) is 2. The van der Waals surface area contributed by atoms with Crippen LogP contribution in [0.1, 0.15) is 30.5 Å². The number of nitrogens with one attached hydrogen (secondary N) is 1. The van der Waals surface area contributed by atoms with Crippen LogP contribution in [0, 0.1) is 12.7 Å². The van der Waals surface area contributed by atoms with E-state index in [2.05, 4.69) is 15.0 Å². The number of anilines is 1. The first-order valence-electron chi connectivity index (χ1n) is 12.8. The number of hydrogen-bond acceptors (Lipinski definition) is 6. The van der Waals surface area contributed by atoms with Crippen LogP contribution in [-0.4, -0.2) is 30.2 Å². The van der Waals surface area contributed by atoms with Gasteiger partial charge in [0.1, 0.15) is 28.6 Å². The summed E-state index contributed by atoms with van der Waals surface area (Å²) < 4.78 is 90.7. The Morgan fingerprint density at radius 1 is 0.950 bits per heavy atom. The summed E-state index contributed by atoms with van der Waals surface area (Å²) in [5.74, 6) is -5.45. The molecule has 3 N–H and O–H groups in total. The number of halogens is 4. The number of aromatic nitrogens is 1. The molecule has 40 heavy (non-hydrogen) atoms. The number of amides is 2. The number of aryl methyl sites for hydroxylation is 1. The van der Waals surface area contributed by atoms with Crippen molar-refractivity contribution in [1.82, 2.24) is 4.98 Å². The molecule has 0 aliphatic heterocycles. The summed E-state index contributed by atoms with van der Waals surface area (Å²) in [6.07, 6.45) is -3.91. The second kappa shape index (κ2) is 11.3. The number of nitrogens with two attached hydrogens (primary N) is 1. The molecule has 0 bridgehead atoms. The highest BCUT2D eigenvalue weighted by atomic mass is 19.4. The summed E-state index contributed by atoms with van der Waals surface area (Å²) in [7, 11) is -3.14. The Morgan fingerprint density at radius 2 is 1.70 bits per heavy atom. The molecule has 0 aliphatic carbocycles. The van der Waals surface area contributed by atoms with E-state index in [0.717, 1.165) is 29.8 Å². The van der Waals surface area contributed by atoms with Gasteiger partial charge in [-0.2, -0.15) is 0 Å². The van der Waals surface area contributed by atoms with E-state index in [-0.39, 0.29) is 16.9 Å². The van der Waals surface area contributed by atoms with Gasteiger partial charge in [0.05, 0.1) is 11.2 Å². The van der Waals surface area contributed by atoms with E-state index >= 15 is 4.39 Å². The fourth-order valence-corrected chi connectivity index (χ4v) is 3.60. The number of carbonyl (C=O) groups excluding carboxylic acids is 2. The molecule has 0 aliphatic rings. The van der Waals surface area contributed by atoms with Crippen molar-refractivity contribution in [3.8, 4) is 34.1 Å². The van der Waals surface area contributed by atoms with Crippen LogP contribution in [0.5, 0.6) is 23.0 Å². The van der Waals surface area contributed by atoms with Crippen molar-refractivity contribution < 1.29 is 45.5 Å². The molecule has 0 atom stereocenters. The standard InChI is InChI=1S/C28H21F4N3O5/c1-15-3-5-16(6-4-15)17-11-20(29)25(27(37)35-18-9-10-34-21(13-18)26(33)36)24(12-17)39-22-8-7-19(14-23(22)38-2)40-28(30,31)32/h3-14H,1-2H3,(H2,33,36)(H,34,35,37)/i2D3. The first-order chi connectivity index (χ1) is 20.1. The number of pyridine rings is 1. The molecule has 206 valence electrons. The molecule has 0 saturated carbocycles. The number of rotatable bonds is 8. The van der Waals surface area contributed by atoms with Crippen LogP contribution in [0.25, 0.3) is 11.1 Å². The van der Waals surface area contributed by atoms with Crippen molar-refractivity contribution in [1.29, 1.82) is 0 Å². The van der Waals surface area contributed by atoms with Crippen LogP contribution in [-0.2, 0) is 0 Å². The van der Waals surface area contributed by atoms with E-state index in [4.69, 9.17) is 19.3 Å². The van der Waals surface area contributed by atoms with E-state index in [0.29, 0.717) is 11.6 Å². The number of carbonyl (C=O) groups is 2. The van der Waals surface area contributed by atoms with Crippen LogP contribution >= 0.6 is 0 Å². The van der Waals surface area contributed by atoms with Gasteiger partial charge >= 0.3 is 6.36 Å². The fourth-order valence-electron chi connectivity index (χ4n) is 3.60. The summed E-state index contributed by atoms with van der Waals surface area (Å²) in [6.45, 7) is 1.84. The highest BCUT2D eigenvalue weighted by Gasteiger charge is 2.31. The first kappa shape index (κ1) is 23.9. The van der Waals surface area contributed by atoms with Crippen molar-refractivity contribution in [3.63, 3.8) is 0 Å². The lowest BCUT2D eigenvalue weighted by Gasteiger charge is -2.17. The smallest absolute Gasteiger partial charge is 0.493 e. The third-order valence-electron chi connectivity index (χ3n) is 5.41. The molecule has 2 amide bonds.